The van der Waals surface area contributed by atoms with Gasteiger partial charge in [-0.25, -0.2) is 0 Å². The van der Waals surface area contributed by atoms with Gasteiger partial charge in [0.25, 0.3) is 0 Å². The van der Waals surface area contributed by atoms with Crippen molar-refractivity contribution in [2.24, 2.45) is 17.8 Å². The maximum Gasteiger partial charge on any atom is 0.311 e. The van der Waals surface area contributed by atoms with Gasteiger partial charge >= 0.3 is 5.97 Å². The highest BCUT2D eigenvalue weighted by Crippen LogP contribution is 2.44. The van der Waals surface area contributed by atoms with Crippen LogP contribution in [0.15, 0.2) is 42.5 Å². The Bertz CT molecular complexity index is 622. The third kappa shape index (κ3) is 4.48. The third-order valence-electron chi connectivity index (χ3n) is 4.76. The van der Waals surface area contributed by atoms with E-state index in [1.165, 1.54) is 0 Å². The van der Waals surface area contributed by atoms with E-state index in [1.54, 1.807) is 0 Å². The molecule has 0 aromatic heterocycles. The van der Waals surface area contributed by atoms with Gasteiger partial charge in [0.05, 0.1) is 11.5 Å². The number of hydrogen-bond donors (Lipinski definition) is 2. The first kappa shape index (κ1) is 18.1. The van der Waals surface area contributed by atoms with Crippen LogP contribution in [0, 0.1) is 17.8 Å². The largest absolute Gasteiger partial charge is 0.461 e. The zero-order valence-corrected chi connectivity index (χ0v) is 15.0. The first-order valence-electron chi connectivity index (χ1n) is 8.84. The lowest BCUT2D eigenvalue weighted by molar-refractivity contribution is -0.189. The lowest BCUT2D eigenvalue weighted by Crippen LogP contribution is -2.50. The molecule has 5 heteroatoms. The fraction of sp³-hybridized carbons (Fsp3) is 0.550. The van der Waals surface area contributed by atoms with Crippen LogP contribution in [0.2, 0.25) is 0 Å². The average molecular weight is 345 g/mol. The topological polar surface area (TPSA) is 67.8 Å². The van der Waals surface area contributed by atoms with E-state index in [2.05, 4.69) is 17.5 Å². The molecule has 0 saturated heterocycles. The van der Waals surface area contributed by atoms with Crippen molar-refractivity contribution in [2.75, 3.05) is 0 Å². The highest BCUT2D eigenvalue weighted by molar-refractivity contribution is 5.75. The van der Waals surface area contributed by atoms with Gasteiger partial charge in [-0.2, -0.15) is 0 Å². The van der Waals surface area contributed by atoms with E-state index >= 15 is 0 Å². The number of carbonyl (C=O) groups is 1. The zero-order valence-electron chi connectivity index (χ0n) is 15.0. The second-order valence-electron chi connectivity index (χ2n) is 7.84. The number of aliphatic hydroxyl groups is 1. The van der Waals surface area contributed by atoms with Gasteiger partial charge in [0.1, 0.15) is 6.61 Å². The summed E-state index contributed by atoms with van der Waals surface area (Å²) in [6, 6.07) is 9.48. The Morgan fingerprint density at radius 1 is 1.24 bits per heavy atom. The van der Waals surface area contributed by atoms with Crippen molar-refractivity contribution in [2.45, 2.75) is 51.9 Å². The molecule has 0 aliphatic heterocycles. The number of nitrogens with one attached hydrogen (secondary N) is 1. The second-order valence-corrected chi connectivity index (χ2v) is 7.84. The van der Waals surface area contributed by atoms with Gasteiger partial charge in [-0.05, 0) is 44.6 Å². The molecule has 25 heavy (non-hydrogen) atoms. The minimum atomic E-state index is -1.11. The van der Waals surface area contributed by atoms with Crippen LogP contribution in [0.1, 0.15) is 32.8 Å². The number of allylic oxidation sites excluding steroid dienone is 1. The molecule has 1 unspecified atom stereocenters. The number of carbonyl (C=O) groups excluding carboxylic acids is 1. The molecule has 2 aliphatic rings. The summed E-state index contributed by atoms with van der Waals surface area (Å²) in [6.07, 6.45) is 4.01. The van der Waals surface area contributed by atoms with Crippen molar-refractivity contribution in [3.05, 3.63) is 48.0 Å². The fourth-order valence-corrected chi connectivity index (χ4v) is 3.73. The summed E-state index contributed by atoms with van der Waals surface area (Å²) < 4.78 is 11.1. The van der Waals surface area contributed by atoms with E-state index in [-0.39, 0.29) is 36.4 Å². The van der Waals surface area contributed by atoms with Gasteiger partial charge in [0.15, 0.2) is 0 Å². The molecule has 0 radical (unpaired) electrons. The summed E-state index contributed by atoms with van der Waals surface area (Å²) in [5, 5.41) is 13.2. The summed E-state index contributed by atoms with van der Waals surface area (Å²) in [5.41, 5.74) is 0.499. The van der Waals surface area contributed by atoms with Crippen LogP contribution in [0.5, 0.6) is 0 Å². The van der Waals surface area contributed by atoms with Gasteiger partial charge in [-0.15, -0.1) is 0 Å². The fourth-order valence-electron chi connectivity index (χ4n) is 3.73. The van der Waals surface area contributed by atoms with Crippen LogP contribution in [0.4, 0.5) is 0 Å². The van der Waals surface area contributed by atoms with Gasteiger partial charge in [0.2, 0.25) is 6.41 Å². The van der Waals surface area contributed by atoms with Gasteiger partial charge in [-0.3, -0.25) is 10.1 Å². The molecule has 1 fully saturated rings. The predicted molar refractivity (Wildman–Crippen MR) is 94.2 cm³/mol. The maximum absolute atomic E-state index is 12.7. The molecule has 2 bridgehead atoms. The summed E-state index contributed by atoms with van der Waals surface area (Å²) in [5.74, 6) is -0.136. The lowest BCUT2D eigenvalue weighted by atomic mass is 9.89. The number of benzene rings is 1. The van der Waals surface area contributed by atoms with Crippen molar-refractivity contribution in [3.8, 4) is 0 Å². The normalized spacial score (nSPS) is 29.0. The standard InChI is InChI=1S/C20H27NO4/c1-20(2,3)25-19(23)21-17-15-10-9-14(11-15)16(17)18(22)24-12-13-7-5-4-6-8-13/h4-10,14-17,19,21,23H,11-12H2,1-3H3/t14-,15+,16+,17-,19?/m1/s1. The molecule has 136 valence electrons. The summed E-state index contributed by atoms with van der Waals surface area (Å²) in [6.45, 7) is 5.91. The monoisotopic (exact) mass is 345 g/mol. The Morgan fingerprint density at radius 2 is 1.92 bits per heavy atom. The van der Waals surface area contributed by atoms with E-state index in [1.807, 2.05) is 51.1 Å². The van der Waals surface area contributed by atoms with E-state index in [0.717, 1.165) is 12.0 Å². The third-order valence-corrected chi connectivity index (χ3v) is 4.76. The maximum atomic E-state index is 12.7. The Morgan fingerprint density at radius 3 is 2.60 bits per heavy atom. The quantitative estimate of drug-likeness (QED) is 0.471. The van der Waals surface area contributed by atoms with Crippen LogP contribution in [0.3, 0.4) is 0 Å². The number of ether oxygens (including phenoxy) is 2. The van der Waals surface area contributed by atoms with Gasteiger partial charge in [0, 0.05) is 6.04 Å². The van der Waals surface area contributed by atoms with Crippen LogP contribution >= 0.6 is 0 Å². The molecule has 0 spiro atoms. The summed E-state index contributed by atoms with van der Waals surface area (Å²) in [7, 11) is 0. The molecule has 1 aromatic carbocycles. The number of aliphatic hydroxyl groups excluding tert-OH is 1. The van der Waals surface area contributed by atoms with Crippen LogP contribution in [0.25, 0.3) is 0 Å². The number of hydrogen-bond acceptors (Lipinski definition) is 5. The van der Waals surface area contributed by atoms with Gasteiger partial charge in [-0.1, -0.05) is 42.5 Å². The predicted octanol–water partition coefficient (Wildman–Crippen LogP) is 2.60. The molecule has 2 N–H and O–H groups in total. The summed E-state index contributed by atoms with van der Waals surface area (Å²) in [4.78, 5) is 12.7. The smallest absolute Gasteiger partial charge is 0.311 e. The molecular formula is C20H27NO4. The SMILES string of the molecule is CC(C)(C)OC(O)N[C@H]1[C@@H](C(=O)OCc2ccccc2)[C@@H]2C=C[C@H]1C2. The Hall–Kier alpha value is -1.69. The van der Waals surface area contributed by atoms with Crippen molar-refractivity contribution in [1.82, 2.24) is 5.32 Å². The minimum absolute atomic E-state index is 0.160. The van der Waals surface area contributed by atoms with E-state index < -0.39 is 12.0 Å². The second kappa shape index (κ2) is 7.28. The first-order valence-corrected chi connectivity index (χ1v) is 8.84. The molecule has 0 amide bonds. The molecule has 0 heterocycles. The van der Waals surface area contributed by atoms with E-state index in [0.29, 0.717) is 0 Å². The van der Waals surface area contributed by atoms with Gasteiger partial charge < -0.3 is 14.6 Å². The van der Waals surface area contributed by atoms with E-state index in [9.17, 15) is 9.90 Å². The highest BCUT2D eigenvalue weighted by atomic mass is 16.6. The molecular weight excluding hydrogens is 318 g/mol. The van der Waals surface area contributed by atoms with Crippen molar-refractivity contribution >= 4 is 5.97 Å². The van der Waals surface area contributed by atoms with E-state index in [4.69, 9.17) is 9.47 Å². The Kier molecular flexibility index (Phi) is 5.27. The van der Waals surface area contributed by atoms with Crippen molar-refractivity contribution in [1.29, 1.82) is 0 Å². The molecule has 3 rings (SSSR count). The van der Waals surface area contributed by atoms with Crippen molar-refractivity contribution < 1.29 is 19.4 Å². The molecule has 5 nitrogen and oxygen atoms in total. The Balaban J connectivity index is 1.62. The molecule has 1 aromatic rings. The molecule has 2 aliphatic carbocycles. The molecule has 1 saturated carbocycles. The summed E-state index contributed by atoms with van der Waals surface area (Å²) >= 11 is 0. The van der Waals surface area contributed by atoms with Crippen LogP contribution in [-0.2, 0) is 20.9 Å². The number of rotatable bonds is 6. The Labute approximate surface area is 149 Å². The molecule has 5 atom stereocenters. The number of fused-ring (bicyclic) bond motifs is 2. The van der Waals surface area contributed by atoms with Crippen LogP contribution in [-0.4, -0.2) is 29.1 Å². The van der Waals surface area contributed by atoms with Crippen molar-refractivity contribution in [3.63, 3.8) is 0 Å². The first-order chi connectivity index (χ1) is 11.8. The number of esters is 1. The van der Waals surface area contributed by atoms with Crippen LogP contribution < -0.4 is 5.32 Å². The lowest BCUT2D eigenvalue weighted by Gasteiger charge is -2.32. The highest BCUT2D eigenvalue weighted by Gasteiger charge is 2.49. The minimum Gasteiger partial charge on any atom is -0.461 e. The zero-order chi connectivity index (χ0) is 18.0. The average Bonchev–Trinajstić information content (AvgIpc) is 3.13.